The Bertz CT molecular complexity index is 749. The van der Waals surface area contributed by atoms with Crippen molar-refractivity contribution in [2.45, 2.75) is 11.3 Å². The molecule has 1 aliphatic rings. The number of non-ortho nitro benzene ring substituents is 1. The number of thioether (sulfide) groups is 1. The highest BCUT2D eigenvalue weighted by Crippen LogP contribution is 2.33. The summed E-state index contributed by atoms with van der Waals surface area (Å²) < 4.78 is 0. The monoisotopic (exact) mass is 343 g/mol. The molecule has 0 aliphatic carbocycles. The number of nitrogens with zero attached hydrogens (tertiary/aromatic N) is 2. The molecule has 3 rings (SSSR count). The van der Waals surface area contributed by atoms with Crippen LogP contribution in [0.4, 0.5) is 17.1 Å². The molecule has 1 N–H and O–H groups in total. The standard InChI is InChI=1S/C17H17N3O3S/c21-17(18-13-6-8-14(9-7-13)20(22)23)12-19-10-3-11-24-16-5-2-1-4-15(16)19/h1-2,4-9H,3,10-12H2,(H,18,21). The largest absolute Gasteiger partial charge is 0.361 e. The van der Waals surface area contributed by atoms with Gasteiger partial charge in [-0.15, -0.1) is 11.8 Å². The van der Waals surface area contributed by atoms with Gasteiger partial charge in [-0.3, -0.25) is 14.9 Å². The lowest BCUT2D eigenvalue weighted by atomic mass is 10.2. The maximum atomic E-state index is 12.3. The Morgan fingerprint density at radius 1 is 1.21 bits per heavy atom. The Kier molecular flexibility index (Phi) is 5.00. The lowest BCUT2D eigenvalue weighted by Gasteiger charge is -2.23. The number of fused-ring (bicyclic) bond motifs is 1. The molecular formula is C17H17N3O3S. The topological polar surface area (TPSA) is 75.5 Å². The molecule has 124 valence electrons. The zero-order chi connectivity index (χ0) is 16.9. The van der Waals surface area contributed by atoms with E-state index in [-0.39, 0.29) is 18.1 Å². The number of hydrogen-bond acceptors (Lipinski definition) is 5. The Hall–Kier alpha value is -2.54. The summed E-state index contributed by atoms with van der Waals surface area (Å²) in [4.78, 5) is 25.8. The molecule has 0 bridgehead atoms. The van der Waals surface area contributed by atoms with Crippen molar-refractivity contribution < 1.29 is 9.72 Å². The first-order chi connectivity index (χ1) is 11.6. The number of anilines is 2. The molecule has 2 aromatic carbocycles. The van der Waals surface area contributed by atoms with Crippen LogP contribution in [0, 0.1) is 10.1 Å². The molecule has 0 saturated heterocycles. The Balaban J connectivity index is 1.67. The maximum absolute atomic E-state index is 12.3. The summed E-state index contributed by atoms with van der Waals surface area (Å²) in [6, 6.07) is 13.9. The van der Waals surface area contributed by atoms with Crippen molar-refractivity contribution in [1.82, 2.24) is 0 Å². The minimum absolute atomic E-state index is 0.00599. The van der Waals surface area contributed by atoms with E-state index in [9.17, 15) is 14.9 Å². The molecule has 1 amide bonds. The number of amides is 1. The van der Waals surface area contributed by atoms with E-state index in [0.29, 0.717) is 5.69 Å². The number of hydrogen-bond donors (Lipinski definition) is 1. The average Bonchev–Trinajstić information content (AvgIpc) is 2.78. The third kappa shape index (κ3) is 3.86. The normalized spacial score (nSPS) is 13.8. The SMILES string of the molecule is O=C(CN1CCCSc2ccccc21)Nc1ccc([N+](=O)[O-])cc1. The number of rotatable bonds is 4. The fourth-order valence-corrected chi connectivity index (χ4v) is 3.62. The molecule has 0 spiro atoms. The summed E-state index contributed by atoms with van der Waals surface area (Å²) in [7, 11) is 0. The van der Waals surface area contributed by atoms with Crippen molar-refractivity contribution >= 4 is 34.7 Å². The number of carbonyl (C=O) groups is 1. The fraction of sp³-hybridized carbons (Fsp3) is 0.235. The van der Waals surface area contributed by atoms with Crippen molar-refractivity contribution in [1.29, 1.82) is 0 Å². The summed E-state index contributed by atoms with van der Waals surface area (Å²) in [6.45, 7) is 1.09. The van der Waals surface area contributed by atoms with E-state index in [1.165, 1.54) is 17.0 Å². The minimum atomic E-state index is -0.461. The van der Waals surface area contributed by atoms with Crippen LogP contribution >= 0.6 is 11.8 Å². The zero-order valence-corrected chi connectivity index (χ0v) is 13.8. The van der Waals surface area contributed by atoms with E-state index in [4.69, 9.17) is 0 Å². The van der Waals surface area contributed by atoms with E-state index in [1.807, 2.05) is 30.0 Å². The average molecular weight is 343 g/mol. The van der Waals surface area contributed by atoms with Gasteiger partial charge in [-0.2, -0.15) is 0 Å². The molecule has 0 unspecified atom stereocenters. The van der Waals surface area contributed by atoms with Gasteiger partial charge in [0.25, 0.3) is 5.69 Å². The number of carbonyl (C=O) groups excluding carboxylic acids is 1. The number of nitrogens with one attached hydrogen (secondary N) is 1. The van der Waals surface area contributed by atoms with Crippen molar-refractivity contribution in [3.05, 3.63) is 58.6 Å². The Labute approximate surface area is 144 Å². The second-order valence-electron chi connectivity index (χ2n) is 5.44. The van der Waals surface area contributed by atoms with Crippen molar-refractivity contribution in [3.8, 4) is 0 Å². The van der Waals surface area contributed by atoms with Crippen LogP contribution in [0.5, 0.6) is 0 Å². The molecule has 1 aliphatic heterocycles. The number of nitro groups is 1. The van der Waals surface area contributed by atoms with E-state index in [1.54, 1.807) is 12.1 Å². The van der Waals surface area contributed by atoms with Crippen molar-refractivity contribution in [3.63, 3.8) is 0 Å². The number of benzene rings is 2. The molecule has 2 aromatic rings. The van der Waals surface area contributed by atoms with Gasteiger partial charge in [0.2, 0.25) is 5.91 Å². The van der Waals surface area contributed by atoms with Crippen LogP contribution in [-0.2, 0) is 4.79 Å². The minimum Gasteiger partial charge on any atom is -0.361 e. The van der Waals surface area contributed by atoms with E-state index < -0.39 is 4.92 Å². The van der Waals surface area contributed by atoms with Crippen LogP contribution in [0.3, 0.4) is 0 Å². The number of para-hydroxylation sites is 1. The van der Waals surface area contributed by atoms with Gasteiger partial charge >= 0.3 is 0 Å². The van der Waals surface area contributed by atoms with E-state index in [2.05, 4.69) is 16.3 Å². The predicted molar refractivity (Wildman–Crippen MR) is 95.7 cm³/mol. The summed E-state index contributed by atoms with van der Waals surface area (Å²) in [5.74, 6) is 0.905. The molecule has 1 heterocycles. The molecular weight excluding hydrogens is 326 g/mol. The quantitative estimate of drug-likeness (QED) is 0.679. The molecule has 7 heteroatoms. The van der Waals surface area contributed by atoms with Gasteiger partial charge in [0, 0.05) is 29.3 Å². The fourth-order valence-electron chi connectivity index (χ4n) is 2.60. The molecule has 0 fully saturated rings. The Morgan fingerprint density at radius 2 is 1.96 bits per heavy atom. The van der Waals surface area contributed by atoms with Gasteiger partial charge < -0.3 is 10.2 Å². The van der Waals surface area contributed by atoms with Gasteiger partial charge in [0.1, 0.15) is 0 Å². The van der Waals surface area contributed by atoms with Gasteiger partial charge in [0.15, 0.2) is 0 Å². The molecule has 0 saturated carbocycles. The number of nitro benzene ring substituents is 1. The third-order valence-electron chi connectivity index (χ3n) is 3.73. The van der Waals surface area contributed by atoms with Crippen molar-refractivity contribution in [2.75, 3.05) is 29.1 Å². The highest BCUT2D eigenvalue weighted by Gasteiger charge is 2.18. The summed E-state index contributed by atoms with van der Waals surface area (Å²) >= 11 is 1.81. The molecule has 0 atom stereocenters. The first-order valence-electron chi connectivity index (χ1n) is 7.64. The highest BCUT2D eigenvalue weighted by molar-refractivity contribution is 7.99. The van der Waals surface area contributed by atoms with Gasteiger partial charge in [0.05, 0.1) is 17.2 Å². The molecule has 24 heavy (non-hydrogen) atoms. The molecule has 0 aromatic heterocycles. The van der Waals surface area contributed by atoms with Gasteiger partial charge in [-0.05, 0) is 36.4 Å². The van der Waals surface area contributed by atoms with Crippen LogP contribution in [0.25, 0.3) is 0 Å². The summed E-state index contributed by atoms with van der Waals surface area (Å²) in [5, 5.41) is 13.5. The Morgan fingerprint density at radius 3 is 2.71 bits per heavy atom. The maximum Gasteiger partial charge on any atom is 0.269 e. The summed E-state index contributed by atoms with van der Waals surface area (Å²) in [6.07, 6.45) is 1.02. The molecule has 0 radical (unpaired) electrons. The van der Waals surface area contributed by atoms with Crippen LogP contribution in [0.2, 0.25) is 0 Å². The van der Waals surface area contributed by atoms with E-state index in [0.717, 1.165) is 24.4 Å². The summed E-state index contributed by atoms with van der Waals surface area (Å²) in [5.41, 5.74) is 1.65. The first kappa shape index (κ1) is 16.3. The second kappa shape index (κ2) is 7.35. The third-order valence-corrected chi connectivity index (χ3v) is 4.88. The first-order valence-corrected chi connectivity index (χ1v) is 8.63. The van der Waals surface area contributed by atoms with Crippen molar-refractivity contribution in [2.24, 2.45) is 0 Å². The lowest BCUT2D eigenvalue weighted by Crippen LogP contribution is -2.34. The zero-order valence-electron chi connectivity index (χ0n) is 13.0. The van der Waals surface area contributed by atoms with Crippen LogP contribution in [0.15, 0.2) is 53.4 Å². The van der Waals surface area contributed by atoms with Gasteiger partial charge in [-0.25, -0.2) is 0 Å². The second-order valence-corrected chi connectivity index (χ2v) is 6.58. The highest BCUT2D eigenvalue weighted by atomic mass is 32.2. The van der Waals surface area contributed by atoms with Gasteiger partial charge in [-0.1, -0.05) is 12.1 Å². The molecule has 6 nitrogen and oxygen atoms in total. The van der Waals surface area contributed by atoms with Crippen LogP contribution in [0.1, 0.15) is 6.42 Å². The van der Waals surface area contributed by atoms with Crippen LogP contribution in [-0.4, -0.2) is 29.7 Å². The smallest absolute Gasteiger partial charge is 0.269 e. The predicted octanol–water partition coefficient (Wildman–Crippen LogP) is 3.54. The lowest BCUT2D eigenvalue weighted by molar-refractivity contribution is -0.384. The van der Waals surface area contributed by atoms with Crippen LogP contribution < -0.4 is 10.2 Å². The van der Waals surface area contributed by atoms with E-state index >= 15 is 0 Å².